The number of amides is 1. The molecule has 0 heterocycles. The Morgan fingerprint density at radius 3 is 2.48 bits per heavy atom. The minimum atomic E-state index is -0.662. The van der Waals surface area contributed by atoms with Crippen molar-refractivity contribution in [2.75, 3.05) is 5.75 Å². The van der Waals surface area contributed by atoms with Crippen molar-refractivity contribution in [3.63, 3.8) is 0 Å². The molecular weight excluding hydrogens is 280 g/mol. The number of nitrogens with one attached hydrogen (secondary N) is 1. The molecule has 1 aromatic rings. The zero-order valence-electron chi connectivity index (χ0n) is 13.0. The van der Waals surface area contributed by atoms with Crippen LogP contribution in [0.5, 0.6) is 0 Å². The minimum Gasteiger partial charge on any atom is -0.348 e. The summed E-state index contributed by atoms with van der Waals surface area (Å²) >= 11 is 1.82. The molecule has 1 amide bonds. The highest BCUT2D eigenvalue weighted by atomic mass is 32.2. The van der Waals surface area contributed by atoms with Gasteiger partial charge < -0.3 is 11.1 Å². The highest BCUT2D eigenvalue weighted by molar-refractivity contribution is 7.99. The summed E-state index contributed by atoms with van der Waals surface area (Å²) in [6.07, 6.45) is 4.91. The zero-order chi connectivity index (χ0) is 15.3. The van der Waals surface area contributed by atoms with Crippen LogP contribution in [0.25, 0.3) is 0 Å². The zero-order valence-corrected chi connectivity index (χ0v) is 13.8. The van der Waals surface area contributed by atoms with Crippen molar-refractivity contribution in [3.8, 4) is 0 Å². The molecule has 3 N–H and O–H groups in total. The number of carbonyl (C=O) groups excluding carboxylic acids is 1. The third kappa shape index (κ3) is 4.24. The van der Waals surface area contributed by atoms with E-state index in [4.69, 9.17) is 5.73 Å². The lowest BCUT2D eigenvalue weighted by atomic mass is 9.81. The van der Waals surface area contributed by atoms with Crippen molar-refractivity contribution in [1.82, 2.24) is 5.32 Å². The number of rotatable bonds is 5. The molecule has 0 saturated heterocycles. The highest BCUT2D eigenvalue weighted by Gasteiger charge is 2.35. The molecular formula is C17H26N2OS. The number of hydrogen-bond donors (Lipinski definition) is 2. The molecule has 3 nitrogen and oxygen atoms in total. The fourth-order valence-electron chi connectivity index (χ4n) is 2.85. The SMILES string of the molecule is CCSc1ccc(C(C)NC(=O)C2(N)CCCCC2)cc1. The van der Waals surface area contributed by atoms with Crippen LogP contribution in [0.2, 0.25) is 0 Å². The van der Waals surface area contributed by atoms with E-state index in [2.05, 4.69) is 36.5 Å². The van der Waals surface area contributed by atoms with E-state index < -0.39 is 5.54 Å². The van der Waals surface area contributed by atoms with Gasteiger partial charge in [-0.2, -0.15) is 0 Å². The van der Waals surface area contributed by atoms with Gasteiger partial charge in [-0.3, -0.25) is 4.79 Å². The second-order valence-corrected chi connectivity index (χ2v) is 7.25. The van der Waals surface area contributed by atoms with Crippen LogP contribution < -0.4 is 11.1 Å². The van der Waals surface area contributed by atoms with Crippen LogP contribution in [0, 0.1) is 0 Å². The van der Waals surface area contributed by atoms with Crippen molar-refractivity contribution < 1.29 is 4.79 Å². The van der Waals surface area contributed by atoms with Crippen molar-refractivity contribution >= 4 is 17.7 Å². The lowest BCUT2D eigenvalue weighted by molar-refractivity contribution is -0.128. The predicted octanol–water partition coefficient (Wildman–Crippen LogP) is 3.64. The lowest BCUT2D eigenvalue weighted by Gasteiger charge is -2.33. The molecule has 116 valence electrons. The average Bonchev–Trinajstić information content (AvgIpc) is 2.49. The van der Waals surface area contributed by atoms with Crippen LogP contribution in [0.4, 0.5) is 0 Å². The van der Waals surface area contributed by atoms with E-state index in [1.807, 2.05) is 18.7 Å². The topological polar surface area (TPSA) is 55.1 Å². The fourth-order valence-corrected chi connectivity index (χ4v) is 3.51. The molecule has 0 bridgehead atoms. The predicted molar refractivity (Wildman–Crippen MR) is 89.4 cm³/mol. The molecule has 1 fully saturated rings. The van der Waals surface area contributed by atoms with Crippen LogP contribution in [-0.2, 0) is 4.79 Å². The van der Waals surface area contributed by atoms with E-state index in [0.717, 1.165) is 37.0 Å². The molecule has 0 spiro atoms. The van der Waals surface area contributed by atoms with Crippen molar-refractivity contribution in [3.05, 3.63) is 29.8 Å². The van der Waals surface area contributed by atoms with Gasteiger partial charge in [0, 0.05) is 4.90 Å². The van der Waals surface area contributed by atoms with Gasteiger partial charge in [-0.15, -0.1) is 11.8 Å². The molecule has 1 unspecified atom stereocenters. The number of benzene rings is 1. The summed E-state index contributed by atoms with van der Waals surface area (Å²) in [5.41, 5.74) is 6.74. The number of thioether (sulfide) groups is 1. The largest absolute Gasteiger partial charge is 0.348 e. The van der Waals surface area contributed by atoms with Gasteiger partial charge in [0.05, 0.1) is 11.6 Å². The number of hydrogen-bond acceptors (Lipinski definition) is 3. The van der Waals surface area contributed by atoms with E-state index in [-0.39, 0.29) is 11.9 Å². The van der Waals surface area contributed by atoms with E-state index >= 15 is 0 Å². The summed E-state index contributed by atoms with van der Waals surface area (Å²) in [5, 5.41) is 3.09. The van der Waals surface area contributed by atoms with E-state index in [0.29, 0.717) is 0 Å². The van der Waals surface area contributed by atoms with Gasteiger partial charge in [-0.05, 0) is 43.2 Å². The Balaban J connectivity index is 1.96. The number of carbonyl (C=O) groups is 1. The van der Waals surface area contributed by atoms with Gasteiger partial charge >= 0.3 is 0 Å². The van der Waals surface area contributed by atoms with Crippen molar-refractivity contribution in [2.45, 2.75) is 62.4 Å². The smallest absolute Gasteiger partial charge is 0.240 e. The van der Waals surface area contributed by atoms with Crippen molar-refractivity contribution in [1.29, 1.82) is 0 Å². The highest BCUT2D eigenvalue weighted by Crippen LogP contribution is 2.27. The van der Waals surface area contributed by atoms with E-state index in [1.165, 1.54) is 11.3 Å². The van der Waals surface area contributed by atoms with Gasteiger partial charge in [0.2, 0.25) is 5.91 Å². The Morgan fingerprint density at radius 1 is 1.29 bits per heavy atom. The number of nitrogens with two attached hydrogens (primary N) is 1. The average molecular weight is 306 g/mol. The van der Waals surface area contributed by atoms with Gasteiger partial charge in [0.1, 0.15) is 0 Å². The Labute approximate surface area is 132 Å². The van der Waals surface area contributed by atoms with E-state index in [9.17, 15) is 4.79 Å². The third-order valence-corrected chi connectivity index (χ3v) is 5.13. The molecule has 1 aliphatic rings. The molecule has 2 rings (SSSR count). The lowest BCUT2D eigenvalue weighted by Crippen LogP contribution is -2.55. The van der Waals surface area contributed by atoms with Crippen LogP contribution in [0.1, 0.15) is 57.6 Å². The normalized spacial score (nSPS) is 19.0. The molecule has 0 aliphatic heterocycles. The summed E-state index contributed by atoms with van der Waals surface area (Å²) in [7, 11) is 0. The van der Waals surface area contributed by atoms with Crippen LogP contribution in [0.15, 0.2) is 29.2 Å². The second kappa shape index (κ2) is 7.32. The minimum absolute atomic E-state index is 0.000489. The summed E-state index contributed by atoms with van der Waals surface area (Å²) in [4.78, 5) is 13.7. The quantitative estimate of drug-likeness (QED) is 0.817. The molecule has 1 atom stereocenters. The summed E-state index contributed by atoms with van der Waals surface area (Å²) in [5.74, 6) is 1.07. The molecule has 4 heteroatoms. The Hall–Kier alpha value is -1.00. The molecule has 1 aromatic carbocycles. The van der Waals surface area contributed by atoms with Gasteiger partial charge in [-0.1, -0.05) is 38.3 Å². The Kier molecular flexibility index (Phi) is 5.71. The summed E-state index contributed by atoms with van der Waals surface area (Å²) in [6.45, 7) is 4.17. The Bertz CT molecular complexity index is 466. The molecule has 1 aliphatic carbocycles. The monoisotopic (exact) mass is 306 g/mol. The molecule has 0 radical (unpaired) electrons. The standard InChI is InChI=1S/C17H26N2OS/c1-3-21-15-9-7-14(8-10-15)13(2)19-16(20)17(18)11-5-4-6-12-17/h7-10,13H,3-6,11-12,18H2,1-2H3,(H,19,20). The molecule has 0 aromatic heterocycles. The first-order valence-corrected chi connectivity index (χ1v) is 8.86. The van der Waals surface area contributed by atoms with Crippen LogP contribution in [0.3, 0.4) is 0 Å². The maximum absolute atomic E-state index is 12.4. The Morgan fingerprint density at radius 2 is 1.90 bits per heavy atom. The first kappa shape index (κ1) is 16.4. The van der Waals surface area contributed by atoms with Crippen molar-refractivity contribution in [2.24, 2.45) is 5.73 Å². The maximum atomic E-state index is 12.4. The third-order valence-electron chi connectivity index (χ3n) is 4.24. The van der Waals surface area contributed by atoms with Gasteiger partial charge in [-0.25, -0.2) is 0 Å². The van der Waals surface area contributed by atoms with E-state index in [1.54, 1.807) is 0 Å². The van der Waals surface area contributed by atoms with Gasteiger partial charge in [0.25, 0.3) is 0 Å². The molecule has 1 saturated carbocycles. The second-order valence-electron chi connectivity index (χ2n) is 5.91. The van der Waals surface area contributed by atoms with Crippen LogP contribution >= 0.6 is 11.8 Å². The fraction of sp³-hybridized carbons (Fsp3) is 0.588. The molecule has 21 heavy (non-hydrogen) atoms. The summed E-state index contributed by atoms with van der Waals surface area (Å²) < 4.78 is 0. The van der Waals surface area contributed by atoms with Gasteiger partial charge in [0.15, 0.2) is 0 Å². The van der Waals surface area contributed by atoms with Crippen LogP contribution in [-0.4, -0.2) is 17.2 Å². The first-order chi connectivity index (χ1) is 10.0. The maximum Gasteiger partial charge on any atom is 0.240 e. The first-order valence-electron chi connectivity index (χ1n) is 7.88. The summed E-state index contributed by atoms with van der Waals surface area (Å²) in [6, 6.07) is 8.41.